The van der Waals surface area contributed by atoms with Gasteiger partial charge in [-0.15, -0.1) is 0 Å². The molecule has 0 saturated heterocycles. The van der Waals surface area contributed by atoms with Crippen LogP contribution < -0.4 is 5.32 Å². The molecule has 1 N–H and O–H groups in total. The summed E-state index contributed by atoms with van der Waals surface area (Å²) < 4.78 is 51.7. The molecule has 43 heavy (non-hydrogen) atoms. The summed E-state index contributed by atoms with van der Waals surface area (Å²) in [6.45, 7) is 9.14. The van der Waals surface area contributed by atoms with Crippen LogP contribution in [0.4, 0.5) is 28.4 Å². The van der Waals surface area contributed by atoms with Crippen molar-refractivity contribution in [2.45, 2.75) is 52.1 Å². The van der Waals surface area contributed by atoms with Gasteiger partial charge in [0.05, 0.1) is 12.1 Å². The Hall–Kier alpha value is -4.22. The highest BCUT2D eigenvalue weighted by Gasteiger charge is 2.34. The largest absolute Gasteiger partial charge is 0.445 e. The summed E-state index contributed by atoms with van der Waals surface area (Å²) in [5, 5.41) is 3.14. The standard InChI is InChI=1S/C31H39F3N4O5/c1-6-18-42-29(41)38-15-14-24-22(20-38)11-9-13-26(24)35-19-27(39)37(17-16-36(5)28(40)43-30(2,3)4)21-23-10-7-8-12-25(23)31(32,33)34/h6-13,35H,1,14-21H2,2-5H3. The molecule has 0 atom stereocenters. The number of carbonyl (C=O) groups excluding carboxylic acids is 3. The van der Waals surface area contributed by atoms with E-state index in [9.17, 15) is 27.6 Å². The van der Waals surface area contributed by atoms with Crippen LogP contribution in [0.3, 0.4) is 0 Å². The van der Waals surface area contributed by atoms with E-state index in [-0.39, 0.29) is 38.3 Å². The lowest BCUT2D eigenvalue weighted by Gasteiger charge is -2.30. The van der Waals surface area contributed by atoms with Crippen LogP contribution in [0.15, 0.2) is 55.1 Å². The molecule has 0 fully saturated rings. The Bertz CT molecular complexity index is 1310. The first kappa shape index (κ1) is 33.3. The molecule has 0 aliphatic carbocycles. The Morgan fingerprint density at radius 1 is 1.07 bits per heavy atom. The first-order valence-corrected chi connectivity index (χ1v) is 13.9. The number of hydrogen-bond donors (Lipinski definition) is 1. The van der Waals surface area contributed by atoms with Crippen LogP contribution in [0.2, 0.25) is 0 Å². The molecular weight excluding hydrogens is 565 g/mol. The number of benzene rings is 2. The Labute approximate surface area is 250 Å². The molecule has 2 aromatic carbocycles. The van der Waals surface area contributed by atoms with Crippen molar-refractivity contribution in [3.05, 3.63) is 77.4 Å². The summed E-state index contributed by atoms with van der Waals surface area (Å²) >= 11 is 0. The fourth-order valence-corrected chi connectivity index (χ4v) is 4.57. The fraction of sp³-hybridized carbons (Fsp3) is 0.452. The molecule has 3 amide bonds. The number of alkyl halides is 3. The molecule has 1 aliphatic rings. The van der Waals surface area contributed by atoms with E-state index in [2.05, 4.69) is 11.9 Å². The van der Waals surface area contributed by atoms with E-state index in [1.54, 1.807) is 31.7 Å². The van der Waals surface area contributed by atoms with E-state index in [0.29, 0.717) is 25.2 Å². The molecule has 234 valence electrons. The zero-order valence-corrected chi connectivity index (χ0v) is 25.0. The Kier molecular flexibility index (Phi) is 11.1. The van der Waals surface area contributed by atoms with Crippen molar-refractivity contribution in [2.75, 3.05) is 45.2 Å². The molecule has 0 bridgehead atoms. The summed E-state index contributed by atoms with van der Waals surface area (Å²) in [5.74, 6) is -0.447. The summed E-state index contributed by atoms with van der Waals surface area (Å²) in [6, 6.07) is 10.6. The van der Waals surface area contributed by atoms with Gasteiger partial charge < -0.3 is 29.5 Å². The molecule has 0 unspecified atom stereocenters. The molecule has 12 heteroatoms. The third-order valence-corrected chi connectivity index (χ3v) is 6.73. The van der Waals surface area contributed by atoms with Gasteiger partial charge in [0.1, 0.15) is 12.2 Å². The van der Waals surface area contributed by atoms with Gasteiger partial charge in [0, 0.05) is 45.5 Å². The molecule has 2 aromatic rings. The predicted molar refractivity (Wildman–Crippen MR) is 156 cm³/mol. The van der Waals surface area contributed by atoms with Crippen molar-refractivity contribution in [3.8, 4) is 0 Å². The second-order valence-corrected chi connectivity index (χ2v) is 11.2. The Morgan fingerprint density at radius 3 is 2.47 bits per heavy atom. The van der Waals surface area contributed by atoms with Crippen molar-refractivity contribution in [2.24, 2.45) is 0 Å². The lowest BCUT2D eigenvalue weighted by Crippen LogP contribution is -2.43. The number of ether oxygens (including phenoxy) is 2. The number of rotatable bonds is 10. The van der Waals surface area contributed by atoms with Crippen molar-refractivity contribution >= 4 is 23.8 Å². The highest BCUT2D eigenvalue weighted by molar-refractivity contribution is 5.81. The number of nitrogens with one attached hydrogen (secondary N) is 1. The van der Waals surface area contributed by atoms with Crippen LogP contribution in [0, 0.1) is 0 Å². The van der Waals surface area contributed by atoms with Crippen LogP contribution in [0.5, 0.6) is 0 Å². The average molecular weight is 605 g/mol. The molecule has 3 rings (SSSR count). The van der Waals surface area contributed by atoms with Gasteiger partial charge in [0.25, 0.3) is 0 Å². The van der Waals surface area contributed by atoms with E-state index in [4.69, 9.17) is 9.47 Å². The highest BCUT2D eigenvalue weighted by atomic mass is 19.4. The molecule has 1 heterocycles. The van der Waals surface area contributed by atoms with Gasteiger partial charge in [-0.2, -0.15) is 13.2 Å². The number of likely N-dealkylation sites (N-methyl/N-ethyl adjacent to an activating group) is 1. The lowest BCUT2D eigenvalue weighted by atomic mass is 9.98. The quantitative estimate of drug-likeness (QED) is 0.351. The maximum Gasteiger partial charge on any atom is 0.416 e. The Morgan fingerprint density at radius 2 is 1.79 bits per heavy atom. The van der Waals surface area contributed by atoms with Gasteiger partial charge in [-0.25, -0.2) is 9.59 Å². The maximum absolute atomic E-state index is 13.7. The molecule has 0 aromatic heterocycles. The molecule has 1 aliphatic heterocycles. The van der Waals surface area contributed by atoms with Crippen molar-refractivity contribution in [1.82, 2.24) is 14.7 Å². The lowest BCUT2D eigenvalue weighted by molar-refractivity contribution is -0.139. The minimum Gasteiger partial charge on any atom is -0.445 e. The second kappa shape index (κ2) is 14.3. The third kappa shape index (κ3) is 9.65. The number of amides is 3. The van der Waals surface area contributed by atoms with E-state index >= 15 is 0 Å². The van der Waals surface area contributed by atoms with Crippen LogP contribution in [0.25, 0.3) is 0 Å². The molecule has 0 spiro atoms. The highest BCUT2D eigenvalue weighted by Crippen LogP contribution is 2.32. The smallest absolute Gasteiger partial charge is 0.416 e. The second-order valence-electron chi connectivity index (χ2n) is 11.2. The monoisotopic (exact) mass is 604 g/mol. The number of anilines is 1. The third-order valence-electron chi connectivity index (χ3n) is 6.73. The van der Waals surface area contributed by atoms with Crippen LogP contribution in [0.1, 0.15) is 43.0 Å². The van der Waals surface area contributed by atoms with Crippen molar-refractivity contribution < 1.29 is 37.0 Å². The maximum atomic E-state index is 13.7. The first-order chi connectivity index (χ1) is 20.2. The summed E-state index contributed by atoms with van der Waals surface area (Å²) in [5.41, 5.74) is 0.939. The van der Waals surface area contributed by atoms with Gasteiger partial charge >= 0.3 is 18.4 Å². The number of halogens is 3. The zero-order chi connectivity index (χ0) is 31.8. The van der Waals surface area contributed by atoms with Gasteiger partial charge in [-0.3, -0.25) is 4.79 Å². The average Bonchev–Trinajstić information content (AvgIpc) is 2.94. The normalized spacial score (nSPS) is 13.0. The van der Waals surface area contributed by atoms with Gasteiger partial charge in [-0.05, 0) is 56.0 Å². The van der Waals surface area contributed by atoms with Crippen LogP contribution in [-0.4, -0.2) is 78.2 Å². The van der Waals surface area contributed by atoms with Crippen molar-refractivity contribution in [1.29, 1.82) is 0 Å². The van der Waals surface area contributed by atoms with E-state index < -0.39 is 35.4 Å². The van der Waals surface area contributed by atoms with E-state index in [1.165, 1.54) is 41.1 Å². The van der Waals surface area contributed by atoms with E-state index in [0.717, 1.165) is 17.2 Å². The Balaban J connectivity index is 1.75. The van der Waals surface area contributed by atoms with Crippen LogP contribution in [-0.2, 0) is 40.0 Å². The SMILES string of the molecule is C=CCOC(=O)N1CCc2c(cccc2NCC(=O)N(CCN(C)C(=O)OC(C)(C)C)Cc2ccccc2C(F)(F)F)C1. The molecular formula is C31H39F3N4O5. The number of nitrogens with zero attached hydrogens (tertiary/aromatic N) is 3. The van der Waals surface area contributed by atoms with Crippen LogP contribution >= 0.6 is 0 Å². The van der Waals surface area contributed by atoms with Gasteiger partial charge in [-0.1, -0.05) is 43.0 Å². The number of hydrogen-bond acceptors (Lipinski definition) is 6. The minimum atomic E-state index is -4.59. The van der Waals surface area contributed by atoms with Gasteiger partial charge in [0.15, 0.2) is 0 Å². The molecule has 0 radical (unpaired) electrons. The zero-order valence-electron chi connectivity index (χ0n) is 25.0. The number of carbonyl (C=O) groups is 3. The topological polar surface area (TPSA) is 91.4 Å². The first-order valence-electron chi connectivity index (χ1n) is 13.9. The summed E-state index contributed by atoms with van der Waals surface area (Å²) in [7, 11) is 1.51. The van der Waals surface area contributed by atoms with Crippen molar-refractivity contribution in [3.63, 3.8) is 0 Å². The van der Waals surface area contributed by atoms with Gasteiger partial charge in [0.2, 0.25) is 5.91 Å². The predicted octanol–water partition coefficient (Wildman–Crippen LogP) is 5.69. The molecule has 0 saturated carbocycles. The summed E-state index contributed by atoms with van der Waals surface area (Å²) in [4.78, 5) is 42.4. The minimum absolute atomic E-state index is 0.0167. The van der Waals surface area contributed by atoms with E-state index in [1.807, 2.05) is 12.1 Å². The molecule has 9 nitrogen and oxygen atoms in total. The number of fused-ring (bicyclic) bond motifs is 1. The summed E-state index contributed by atoms with van der Waals surface area (Å²) in [6.07, 6.45) is -3.61. The fourth-order valence-electron chi connectivity index (χ4n) is 4.57.